The van der Waals surface area contributed by atoms with Crippen LogP contribution in [-0.2, 0) is 19.1 Å². The number of ether oxygens (including phenoxy) is 1. The van der Waals surface area contributed by atoms with Crippen LogP contribution in [-0.4, -0.2) is 29.2 Å². The Morgan fingerprint density at radius 3 is 2.21 bits per heavy atom. The Hall–Kier alpha value is -0.840. The SMILES string of the molecule is CCOC(=O)C(C(C)=O)C(=O)SCC. The van der Waals surface area contributed by atoms with Crippen LogP contribution in [0.5, 0.6) is 0 Å². The van der Waals surface area contributed by atoms with Crippen molar-refractivity contribution in [1.82, 2.24) is 0 Å². The molecule has 0 saturated heterocycles. The summed E-state index contributed by atoms with van der Waals surface area (Å²) in [4.78, 5) is 33.6. The number of rotatable bonds is 5. The standard InChI is InChI=1S/C9H14O4S/c1-4-13-8(11)7(6(3)10)9(12)14-5-2/h7H,4-5H2,1-3H3. The first kappa shape index (κ1) is 13.2. The summed E-state index contributed by atoms with van der Waals surface area (Å²) in [6.45, 7) is 4.81. The summed E-state index contributed by atoms with van der Waals surface area (Å²) in [5.74, 6) is -1.91. The molecule has 0 aromatic rings. The van der Waals surface area contributed by atoms with E-state index >= 15 is 0 Å². The predicted molar refractivity (Wildman–Crippen MR) is 53.9 cm³/mol. The van der Waals surface area contributed by atoms with E-state index in [0.29, 0.717) is 5.75 Å². The molecule has 0 bridgehead atoms. The second kappa shape index (κ2) is 6.59. The fourth-order valence-electron chi connectivity index (χ4n) is 0.879. The van der Waals surface area contributed by atoms with E-state index in [4.69, 9.17) is 0 Å². The summed E-state index contributed by atoms with van der Waals surface area (Å²) in [7, 11) is 0. The van der Waals surface area contributed by atoms with Gasteiger partial charge in [0.15, 0.2) is 11.7 Å². The van der Waals surface area contributed by atoms with E-state index in [2.05, 4.69) is 4.74 Å². The molecule has 1 atom stereocenters. The van der Waals surface area contributed by atoms with E-state index in [0.717, 1.165) is 11.8 Å². The van der Waals surface area contributed by atoms with Crippen LogP contribution >= 0.6 is 11.8 Å². The van der Waals surface area contributed by atoms with Gasteiger partial charge in [0, 0.05) is 0 Å². The number of ketones is 1. The van der Waals surface area contributed by atoms with Crippen molar-refractivity contribution in [3.63, 3.8) is 0 Å². The number of hydrogen-bond acceptors (Lipinski definition) is 5. The molecule has 0 aliphatic carbocycles. The molecular formula is C9H14O4S. The van der Waals surface area contributed by atoms with Crippen LogP contribution in [0.25, 0.3) is 0 Å². The molecule has 0 aliphatic rings. The van der Waals surface area contributed by atoms with Gasteiger partial charge in [0.1, 0.15) is 0 Å². The van der Waals surface area contributed by atoms with E-state index in [-0.39, 0.29) is 6.61 Å². The molecule has 0 spiro atoms. The van der Waals surface area contributed by atoms with Gasteiger partial charge in [-0.3, -0.25) is 14.4 Å². The lowest BCUT2D eigenvalue weighted by Gasteiger charge is -2.09. The molecule has 1 unspecified atom stereocenters. The lowest BCUT2D eigenvalue weighted by Crippen LogP contribution is -2.30. The van der Waals surface area contributed by atoms with Gasteiger partial charge in [-0.1, -0.05) is 18.7 Å². The summed E-state index contributed by atoms with van der Waals surface area (Å²) >= 11 is 0.961. The normalized spacial score (nSPS) is 11.9. The van der Waals surface area contributed by atoms with E-state index in [1.165, 1.54) is 6.92 Å². The highest BCUT2D eigenvalue weighted by Crippen LogP contribution is 2.13. The molecule has 0 N–H and O–H groups in total. The molecular weight excluding hydrogens is 204 g/mol. The maximum atomic E-state index is 11.3. The van der Waals surface area contributed by atoms with Crippen LogP contribution in [0.15, 0.2) is 0 Å². The van der Waals surface area contributed by atoms with E-state index in [1.54, 1.807) is 13.8 Å². The minimum atomic E-state index is -1.25. The number of carbonyl (C=O) groups excluding carboxylic acids is 3. The highest BCUT2D eigenvalue weighted by atomic mass is 32.2. The van der Waals surface area contributed by atoms with Gasteiger partial charge in [-0.25, -0.2) is 0 Å². The fourth-order valence-corrected chi connectivity index (χ4v) is 1.59. The van der Waals surface area contributed by atoms with Crippen LogP contribution in [0.1, 0.15) is 20.8 Å². The van der Waals surface area contributed by atoms with Crippen LogP contribution < -0.4 is 0 Å². The minimum Gasteiger partial charge on any atom is -0.465 e. The number of thioether (sulfide) groups is 1. The predicted octanol–water partition coefficient (Wildman–Crippen LogP) is 1.03. The van der Waals surface area contributed by atoms with Crippen LogP contribution in [0.3, 0.4) is 0 Å². The summed E-state index contributed by atoms with van der Waals surface area (Å²) in [5.41, 5.74) is 0. The van der Waals surface area contributed by atoms with Gasteiger partial charge < -0.3 is 4.74 Å². The van der Waals surface area contributed by atoms with E-state index in [9.17, 15) is 14.4 Å². The Bertz CT molecular complexity index is 219. The highest BCUT2D eigenvalue weighted by Gasteiger charge is 2.32. The van der Waals surface area contributed by atoms with Crippen LogP contribution in [0.4, 0.5) is 0 Å². The number of Topliss-reactive ketones (excluding diaryl/α,β-unsaturated/α-hetero) is 1. The third kappa shape index (κ3) is 3.91. The summed E-state index contributed by atoms with van der Waals surface area (Å²) in [6.07, 6.45) is 0. The second-order valence-corrected chi connectivity index (χ2v) is 3.82. The molecule has 0 saturated carbocycles. The molecule has 0 heterocycles. The average molecular weight is 218 g/mol. The number of esters is 1. The molecule has 0 radical (unpaired) electrons. The lowest BCUT2D eigenvalue weighted by molar-refractivity contribution is -0.152. The molecule has 14 heavy (non-hydrogen) atoms. The highest BCUT2D eigenvalue weighted by molar-refractivity contribution is 8.13. The van der Waals surface area contributed by atoms with Crippen molar-refractivity contribution in [2.45, 2.75) is 20.8 Å². The monoisotopic (exact) mass is 218 g/mol. The third-order valence-electron chi connectivity index (χ3n) is 1.45. The first-order valence-corrected chi connectivity index (χ1v) is 5.36. The summed E-state index contributed by atoms with van der Waals surface area (Å²) in [5, 5.41) is -0.432. The number of carbonyl (C=O) groups is 3. The van der Waals surface area contributed by atoms with Crippen LogP contribution in [0, 0.1) is 5.92 Å². The van der Waals surface area contributed by atoms with Gasteiger partial charge in [-0.05, 0) is 19.6 Å². The smallest absolute Gasteiger partial charge is 0.325 e. The van der Waals surface area contributed by atoms with Gasteiger partial charge in [0.25, 0.3) is 0 Å². The Morgan fingerprint density at radius 2 is 1.86 bits per heavy atom. The number of hydrogen-bond donors (Lipinski definition) is 0. The Kier molecular flexibility index (Phi) is 6.19. The summed E-state index contributed by atoms with van der Waals surface area (Å²) < 4.78 is 4.64. The van der Waals surface area contributed by atoms with Crippen molar-refractivity contribution >= 4 is 28.6 Å². The van der Waals surface area contributed by atoms with Crippen LogP contribution in [0.2, 0.25) is 0 Å². The van der Waals surface area contributed by atoms with Gasteiger partial charge in [0.2, 0.25) is 5.12 Å². The van der Waals surface area contributed by atoms with E-state index < -0.39 is 22.8 Å². The van der Waals surface area contributed by atoms with Gasteiger partial charge >= 0.3 is 5.97 Å². The van der Waals surface area contributed by atoms with Crippen molar-refractivity contribution in [1.29, 1.82) is 0 Å². The lowest BCUT2D eigenvalue weighted by atomic mass is 10.1. The zero-order valence-electron chi connectivity index (χ0n) is 8.53. The zero-order valence-corrected chi connectivity index (χ0v) is 9.35. The van der Waals surface area contributed by atoms with Crippen molar-refractivity contribution in [2.75, 3.05) is 12.4 Å². The molecule has 0 aromatic carbocycles. The molecule has 80 valence electrons. The van der Waals surface area contributed by atoms with Crippen molar-refractivity contribution in [3.8, 4) is 0 Å². The Labute approximate surface area is 87.4 Å². The third-order valence-corrected chi connectivity index (χ3v) is 2.26. The first-order valence-electron chi connectivity index (χ1n) is 4.38. The molecule has 0 aromatic heterocycles. The maximum Gasteiger partial charge on any atom is 0.325 e. The van der Waals surface area contributed by atoms with E-state index in [1.807, 2.05) is 0 Å². The molecule has 0 aliphatic heterocycles. The fraction of sp³-hybridized carbons (Fsp3) is 0.667. The second-order valence-electron chi connectivity index (χ2n) is 2.55. The van der Waals surface area contributed by atoms with Crippen molar-refractivity contribution in [3.05, 3.63) is 0 Å². The topological polar surface area (TPSA) is 60.4 Å². The average Bonchev–Trinajstić information content (AvgIpc) is 2.04. The van der Waals surface area contributed by atoms with Gasteiger partial charge in [-0.2, -0.15) is 0 Å². The first-order chi connectivity index (χ1) is 6.54. The largest absolute Gasteiger partial charge is 0.465 e. The molecule has 0 amide bonds. The quantitative estimate of drug-likeness (QED) is 0.509. The molecule has 4 nitrogen and oxygen atoms in total. The zero-order chi connectivity index (χ0) is 11.1. The van der Waals surface area contributed by atoms with Gasteiger partial charge in [0.05, 0.1) is 6.61 Å². The molecule has 5 heteroatoms. The maximum absolute atomic E-state index is 11.3. The Morgan fingerprint density at radius 1 is 1.29 bits per heavy atom. The molecule has 0 rings (SSSR count). The molecule has 0 fully saturated rings. The van der Waals surface area contributed by atoms with Crippen molar-refractivity contribution < 1.29 is 19.1 Å². The summed E-state index contributed by atoms with van der Waals surface area (Å²) in [6, 6.07) is 0. The van der Waals surface area contributed by atoms with Gasteiger partial charge in [-0.15, -0.1) is 0 Å². The minimum absolute atomic E-state index is 0.173. The van der Waals surface area contributed by atoms with Crippen molar-refractivity contribution in [2.24, 2.45) is 5.92 Å². The Balaban J connectivity index is 4.51.